The second-order valence-electron chi connectivity index (χ2n) is 3.94. The summed E-state index contributed by atoms with van der Waals surface area (Å²) in [7, 11) is -1.32. The van der Waals surface area contributed by atoms with Crippen molar-refractivity contribution < 1.29 is 8.60 Å². The third-order valence-electron chi connectivity index (χ3n) is 2.62. The Hall–Kier alpha value is -1.75. The molecule has 0 fully saturated rings. The molecule has 3 nitrogen and oxygen atoms in total. The molecule has 0 radical (unpaired) electrons. The molecule has 5 heteroatoms. The molecule has 2 aromatic rings. The minimum absolute atomic E-state index is 0.0600. The second-order valence-corrected chi connectivity index (χ2v) is 5.39. The van der Waals surface area contributed by atoms with E-state index in [0.717, 1.165) is 11.3 Å². The van der Waals surface area contributed by atoms with Gasteiger partial charge in [-0.05, 0) is 36.8 Å². The molecule has 1 atom stereocenters. The topological polar surface area (TPSA) is 56.0 Å². The Bertz CT molecular complexity index is 601. The van der Waals surface area contributed by atoms with Gasteiger partial charge in [-0.15, -0.1) is 0 Å². The van der Waals surface area contributed by atoms with Gasteiger partial charge in [0.2, 0.25) is 0 Å². The molecule has 0 amide bonds. The normalized spacial score (nSPS) is 12.3. The second kappa shape index (κ2) is 5.27. The van der Waals surface area contributed by atoms with Crippen molar-refractivity contribution in [3.63, 3.8) is 0 Å². The Morgan fingerprint density at radius 3 is 2.83 bits per heavy atom. The van der Waals surface area contributed by atoms with E-state index < -0.39 is 16.6 Å². The highest BCUT2D eigenvalue weighted by molar-refractivity contribution is 7.84. The summed E-state index contributed by atoms with van der Waals surface area (Å²) in [6.07, 6.45) is 1.66. The average molecular weight is 264 g/mol. The van der Waals surface area contributed by atoms with Crippen molar-refractivity contribution >= 4 is 16.5 Å². The fraction of sp³-hybridized carbons (Fsp3) is 0.154. The Labute approximate surface area is 107 Å². The molecule has 0 aliphatic rings. The van der Waals surface area contributed by atoms with Gasteiger partial charge >= 0.3 is 0 Å². The van der Waals surface area contributed by atoms with E-state index in [-0.39, 0.29) is 11.4 Å². The monoisotopic (exact) mass is 264 g/mol. The van der Waals surface area contributed by atoms with E-state index >= 15 is 0 Å². The molecule has 18 heavy (non-hydrogen) atoms. The predicted molar refractivity (Wildman–Crippen MR) is 69.9 cm³/mol. The van der Waals surface area contributed by atoms with Gasteiger partial charge in [0.15, 0.2) is 0 Å². The zero-order chi connectivity index (χ0) is 13.1. The van der Waals surface area contributed by atoms with Gasteiger partial charge in [0.05, 0.1) is 27.9 Å². The van der Waals surface area contributed by atoms with E-state index in [1.165, 1.54) is 12.1 Å². The zero-order valence-corrected chi connectivity index (χ0v) is 10.7. The van der Waals surface area contributed by atoms with E-state index in [0.29, 0.717) is 4.90 Å². The van der Waals surface area contributed by atoms with Crippen LogP contribution in [0.25, 0.3) is 0 Å². The number of anilines is 1. The Balaban J connectivity index is 2.22. The zero-order valence-electron chi connectivity index (χ0n) is 9.89. The number of nitrogens with two attached hydrogens (primary N) is 1. The summed E-state index contributed by atoms with van der Waals surface area (Å²) in [5, 5.41) is 0. The first kappa shape index (κ1) is 12.7. The number of nitrogen functional groups attached to an aromatic ring is 1. The van der Waals surface area contributed by atoms with Gasteiger partial charge in [-0.1, -0.05) is 6.07 Å². The van der Waals surface area contributed by atoms with Crippen molar-refractivity contribution in [2.75, 3.05) is 5.73 Å². The Morgan fingerprint density at radius 1 is 1.39 bits per heavy atom. The highest BCUT2D eigenvalue weighted by atomic mass is 32.2. The molecule has 0 aliphatic carbocycles. The number of benzene rings is 1. The first-order valence-electron chi connectivity index (χ1n) is 5.42. The van der Waals surface area contributed by atoms with E-state index in [2.05, 4.69) is 4.98 Å². The smallest absolute Gasteiger partial charge is 0.147 e. The summed E-state index contributed by atoms with van der Waals surface area (Å²) in [6, 6.07) is 7.94. The van der Waals surface area contributed by atoms with Crippen LogP contribution in [0.3, 0.4) is 0 Å². The number of nitrogens with zero attached hydrogens (tertiary/aromatic N) is 1. The summed E-state index contributed by atoms with van der Waals surface area (Å²) in [4.78, 5) is 4.60. The number of rotatable bonds is 3. The third kappa shape index (κ3) is 2.73. The van der Waals surface area contributed by atoms with Gasteiger partial charge in [-0.2, -0.15) is 0 Å². The van der Waals surface area contributed by atoms with Crippen LogP contribution < -0.4 is 5.73 Å². The summed E-state index contributed by atoms with van der Waals surface area (Å²) in [5.41, 5.74) is 7.17. The molecular formula is C13H13FN2OS. The lowest BCUT2D eigenvalue weighted by Crippen LogP contribution is -2.02. The van der Waals surface area contributed by atoms with E-state index in [9.17, 15) is 8.60 Å². The number of hydrogen-bond acceptors (Lipinski definition) is 3. The van der Waals surface area contributed by atoms with Crippen molar-refractivity contribution in [2.45, 2.75) is 17.6 Å². The number of halogens is 1. The third-order valence-corrected chi connectivity index (χ3v) is 3.94. The van der Waals surface area contributed by atoms with E-state index in [1.807, 2.05) is 19.1 Å². The predicted octanol–water partition coefficient (Wildman–Crippen LogP) is 2.42. The average Bonchev–Trinajstić information content (AvgIpc) is 2.35. The molecule has 0 saturated carbocycles. The van der Waals surface area contributed by atoms with Gasteiger partial charge in [0, 0.05) is 11.1 Å². The van der Waals surface area contributed by atoms with Gasteiger partial charge < -0.3 is 5.73 Å². The number of aromatic nitrogens is 1. The first-order valence-corrected chi connectivity index (χ1v) is 6.73. The first-order chi connectivity index (χ1) is 8.58. The van der Waals surface area contributed by atoms with Crippen LogP contribution >= 0.6 is 0 Å². The lowest BCUT2D eigenvalue weighted by Gasteiger charge is -2.05. The number of hydrogen-bond donors (Lipinski definition) is 1. The largest absolute Gasteiger partial charge is 0.396 e. The fourth-order valence-electron chi connectivity index (χ4n) is 1.53. The summed E-state index contributed by atoms with van der Waals surface area (Å²) in [5.74, 6) is -0.269. The van der Waals surface area contributed by atoms with Gasteiger partial charge in [0.1, 0.15) is 5.82 Å². The van der Waals surface area contributed by atoms with Crippen LogP contribution in [0.4, 0.5) is 10.1 Å². The molecule has 0 aliphatic heterocycles. The maximum atomic E-state index is 13.3. The van der Waals surface area contributed by atoms with Crippen molar-refractivity contribution in [1.29, 1.82) is 0 Å². The fourth-order valence-corrected chi connectivity index (χ4v) is 2.70. The van der Waals surface area contributed by atoms with Crippen LogP contribution in [0.5, 0.6) is 0 Å². The van der Waals surface area contributed by atoms with E-state index in [4.69, 9.17) is 5.73 Å². The van der Waals surface area contributed by atoms with Gasteiger partial charge in [-0.3, -0.25) is 9.19 Å². The van der Waals surface area contributed by atoms with Crippen LogP contribution in [0.2, 0.25) is 0 Å². The summed E-state index contributed by atoms with van der Waals surface area (Å²) in [6.45, 7) is 1.91. The summed E-state index contributed by atoms with van der Waals surface area (Å²) >= 11 is 0. The highest BCUT2D eigenvalue weighted by Gasteiger charge is 2.10. The number of pyridine rings is 1. The molecule has 0 bridgehead atoms. The van der Waals surface area contributed by atoms with Crippen LogP contribution in [0.1, 0.15) is 11.3 Å². The summed E-state index contributed by atoms with van der Waals surface area (Å²) < 4.78 is 25.4. The molecule has 0 saturated heterocycles. The van der Waals surface area contributed by atoms with Gasteiger partial charge in [-0.25, -0.2) is 4.39 Å². The lowest BCUT2D eigenvalue weighted by molar-refractivity contribution is 0.627. The van der Waals surface area contributed by atoms with Crippen LogP contribution in [0.15, 0.2) is 41.4 Å². The van der Waals surface area contributed by atoms with Crippen LogP contribution in [0, 0.1) is 12.7 Å². The van der Waals surface area contributed by atoms with Crippen molar-refractivity contribution in [2.24, 2.45) is 0 Å². The van der Waals surface area contributed by atoms with Crippen molar-refractivity contribution in [1.82, 2.24) is 4.98 Å². The molecule has 1 aromatic heterocycles. The molecule has 94 valence electrons. The maximum absolute atomic E-state index is 13.3. The number of aryl methyl sites for hydroxylation is 1. The molecular weight excluding hydrogens is 251 g/mol. The molecule has 0 spiro atoms. The van der Waals surface area contributed by atoms with Crippen LogP contribution in [-0.4, -0.2) is 9.19 Å². The minimum Gasteiger partial charge on any atom is -0.396 e. The van der Waals surface area contributed by atoms with E-state index in [1.54, 1.807) is 12.3 Å². The molecule has 1 unspecified atom stereocenters. The quantitative estimate of drug-likeness (QED) is 0.866. The van der Waals surface area contributed by atoms with Crippen molar-refractivity contribution in [3.05, 3.63) is 53.6 Å². The maximum Gasteiger partial charge on any atom is 0.147 e. The molecule has 2 rings (SSSR count). The lowest BCUT2D eigenvalue weighted by atomic mass is 10.2. The standard InChI is InChI=1S/C13H13FN2OS/c1-9-3-2-6-16-13(9)8-18(17)10-4-5-12(15)11(14)7-10/h2-7H,8,15H2,1H3. The molecule has 1 aromatic carbocycles. The molecule has 1 heterocycles. The Kier molecular flexibility index (Phi) is 3.72. The Morgan fingerprint density at radius 2 is 2.17 bits per heavy atom. The highest BCUT2D eigenvalue weighted by Crippen LogP contribution is 2.17. The minimum atomic E-state index is -1.32. The molecule has 2 N–H and O–H groups in total. The van der Waals surface area contributed by atoms with Crippen LogP contribution in [-0.2, 0) is 16.6 Å². The van der Waals surface area contributed by atoms with Crippen molar-refractivity contribution in [3.8, 4) is 0 Å². The SMILES string of the molecule is Cc1cccnc1CS(=O)c1ccc(N)c(F)c1. The van der Waals surface area contributed by atoms with Gasteiger partial charge in [0.25, 0.3) is 0 Å².